The van der Waals surface area contributed by atoms with Gasteiger partial charge in [-0.3, -0.25) is 9.59 Å². The smallest absolute Gasteiger partial charge is 0.406 e. The third-order valence-electron chi connectivity index (χ3n) is 2.47. The van der Waals surface area contributed by atoms with Gasteiger partial charge in [0.1, 0.15) is 13.1 Å². The molecule has 0 radical (unpaired) electrons. The third kappa shape index (κ3) is 6.39. The number of carbonyl (C=O) groups excluding carboxylic acids is 1. The highest BCUT2D eigenvalue weighted by atomic mass is 19.4. The number of hydrogen-bond acceptors (Lipinski definition) is 4. The van der Waals surface area contributed by atoms with Crippen LogP contribution in [0.2, 0.25) is 0 Å². The first kappa shape index (κ1) is 15.7. The van der Waals surface area contributed by atoms with Crippen molar-refractivity contribution in [2.24, 2.45) is 0 Å². The van der Waals surface area contributed by atoms with Crippen LogP contribution in [0.25, 0.3) is 0 Å². The van der Waals surface area contributed by atoms with Gasteiger partial charge in [0.15, 0.2) is 0 Å². The lowest BCUT2D eigenvalue weighted by atomic mass is 10.2. The number of carboxylic acids is 1. The molecule has 1 saturated heterocycles. The first-order valence-corrected chi connectivity index (χ1v) is 5.65. The Morgan fingerprint density at radius 1 is 1.42 bits per heavy atom. The largest absolute Gasteiger partial charge is 0.480 e. The Hall–Kier alpha value is -1.35. The number of rotatable bonds is 5. The highest BCUT2D eigenvalue weighted by Gasteiger charge is 2.34. The van der Waals surface area contributed by atoms with Crippen molar-refractivity contribution in [2.45, 2.75) is 18.6 Å². The van der Waals surface area contributed by atoms with E-state index in [1.54, 1.807) is 0 Å². The van der Waals surface area contributed by atoms with Gasteiger partial charge in [0, 0.05) is 19.0 Å². The van der Waals surface area contributed by atoms with E-state index in [1.165, 1.54) is 0 Å². The van der Waals surface area contributed by atoms with Crippen LogP contribution >= 0.6 is 0 Å². The number of morpholine rings is 1. The van der Waals surface area contributed by atoms with E-state index in [2.05, 4.69) is 5.32 Å². The van der Waals surface area contributed by atoms with E-state index in [-0.39, 0.29) is 19.1 Å². The number of amides is 1. The minimum Gasteiger partial charge on any atom is -0.480 e. The van der Waals surface area contributed by atoms with Crippen molar-refractivity contribution < 1.29 is 32.6 Å². The zero-order valence-corrected chi connectivity index (χ0v) is 10.1. The van der Waals surface area contributed by atoms with Crippen LogP contribution in [0.4, 0.5) is 13.2 Å². The molecule has 0 aliphatic carbocycles. The molecule has 9 heteroatoms. The molecule has 1 aliphatic rings. The summed E-state index contributed by atoms with van der Waals surface area (Å²) < 4.78 is 41.9. The van der Waals surface area contributed by atoms with E-state index in [9.17, 15) is 22.8 Å². The number of carboxylic acid groups (broad SMARTS) is 1. The standard InChI is InChI=1S/C10H15F3N2O4/c11-10(12,13)6-15(4-9(17)18)8(16)3-7-5-19-2-1-14-7/h7,14H,1-6H2,(H,17,18). The Labute approximate surface area is 107 Å². The van der Waals surface area contributed by atoms with Crippen molar-refractivity contribution >= 4 is 11.9 Å². The first-order chi connectivity index (χ1) is 8.78. The highest BCUT2D eigenvalue weighted by molar-refractivity contribution is 5.81. The number of halogens is 3. The molecule has 2 N–H and O–H groups in total. The molecule has 110 valence electrons. The lowest BCUT2D eigenvalue weighted by molar-refractivity contribution is -0.166. The maximum Gasteiger partial charge on any atom is 0.406 e. The fraction of sp³-hybridized carbons (Fsp3) is 0.800. The Bertz CT molecular complexity index is 329. The summed E-state index contributed by atoms with van der Waals surface area (Å²) in [6.45, 7) is -1.32. The molecule has 1 amide bonds. The van der Waals surface area contributed by atoms with Gasteiger partial charge in [-0.25, -0.2) is 0 Å². The maximum atomic E-state index is 12.3. The van der Waals surface area contributed by atoms with Crippen molar-refractivity contribution in [3.63, 3.8) is 0 Å². The second-order valence-corrected chi connectivity index (χ2v) is 4.19. The minimum absolute atomic E-state index is 0.219. The Balaban J connectivity index is 2.56. The van der Waals surface area contributed by atoms with Gasteiger partial charge in [0.25, 0.3) is 0 Å². The fourth-order valence-corrected chi connectivity index (χ4v) is 1.70. The van der Waals surface area contributed by atoms with Crippen molar-refractivity contribution in [3.05, 3.63) is 0 Å². The van der Waals surface area contributed by atoms with Crippen LogP contribution in [0.15, 0.2) is 0 Å². The summed E-state index contributed by atoms with van der Waals surface area (Å²) in [5.41, 5.74) is 0. The molecule has 0 bridgehead atoms. The van der Waals surface area contributed by atoms with Gasteiger partial charge in [-0.05, 0) is 0 Å². The number of carbonyl (C=O) groups is 2. The van der Waals surface area contributed by atoms with E-state index in [1.807, 2.05) is 0 Å². The van der Waals surface area contributed by atoms with Crippen molar-refractivity contribution in [1.82, 2.24) is 10.2 Å². The molecular formula is C10H15F3N2O4. The van der Waals surface area contributed by atoms with Gasteiger partial charge < -0.3 is 20.1 Å². The molecule has 1 atom stereocenters. The van der Waals surface area contributed by atoms with Crippen LogP contribution in [0, 0.1) is 0 Å². The number of nitrogens with zero attached hydrogens (tertiary/aromatic N) is 1. The minimum atomic E-state index is -4.62. The Morgan fingerprint density at radius 2 is 2.11 bits per heavy atom. The van der Waals surface area contributed by atoms with Crippen LogP contribution < -0.4 is 5.32 Å². The normalized spacial score (nSPS) is 20.1. The number of alkyl halides is 3. The molecule has 1 aliphatic heterocycles. The zero-order chi connectivity index (χ0) is 14.5. The Morgan fingerprint density at radius 3 is 2.58 bits per heavy atom. The summed E-state index contributed by atoms with van der Waals surface area (Å²) in [7, 11) is 0. The zero-order valence-electron chi connectivity index (χ0n) is 10.1. The molecule has 0 spiro atoms. The Kier molecular flexibility index (Phi) is 5.55. The molecule has 1 rings (SSSR count). The molecule has 1 fully saturated rings. The van der Waals surface area contributed by atoms with Crippen molar-refractivity contribution in [3.8, 4) is 0 Å². The average molecular weight is 284 g/mol. The second-order valence-electron chi connectivity index (χ2n) is 4.19. The summed E-state index contributed by atoms with van der Waals surface area (Å²) in [6, 6.07) is -0.384. The van der Waals surface area contributed by atoms with Gasteiger partial charge in [-0.1, -0.05) is 0 Å². The lowest BCUT2D eigenvalue weighted by Gasteiger charge is -2.27. The molecule has 19 heavy (non-hydrogen) atoms. The van der Waals surface area contributed by atoms with Crippen LogP contribution in [-0.2, 0) is 14.3 Å². The van der Waals surface area contributed by atoms with Gasteiger partial charge in [0.2, 0.25) is 5.91 Å². The number of nitrogens with one attached hydrogen (secondary N) is 1. The van der Waals surface area contributed by atoms with Gasteiger partial charge >= 0.3 is 12.1 Å². The van der Waals surface area contributed by atoms with Crippen molar-refractivity contribution in [1.29, 1.82) is 0 Å². The molecule has 1 unspecified atom stereocenters. The predicted molar refractivity (Wildman–Crippen MR) is 57.5 cm³/mol. The third-order valence-corrected chi connectivity index (χ3v) is 2.47. The molecule has 1 heterocycles. The van der Waals surface area contributed by atoms with Gasteiger partial charge in [-0.15, -0.1) is 0 Å². The summed E-state index contributed by atoms with van der Waals surface area (Å²) in [4.78, 5) is 22.5. The monoisotopic (exact) mass is 284 g/mol. The second kappa shape index (κ2) is 6.71. The van der Waals surface area contributed by atoms with Crippen LogP contribution in [-0.4, -0.2) is 66.9 Å². The highest BCUT2D eigenvalue weighted by Crippen LogP contribution is 2.17. The molecule has 6 nitrogen and oxygen atoms in total. The van der Waals surface area contributed by atoms with Crippen molar-refractivity contribution in [2.75, 3.05) is 32.8 Å². The quantitative estimate of drug-likeness (QED) is 0.733. The maximum absolute atomic E-state index is 12.3. The van der Waals surface area contributed by atoms with E-state index < -0.39 is 31.1 Å². The number of aliphatic carboxylic acids is 1. The average Bonchev–Trinajstić information content (AvgIpc) is 2.27. The predicted octanol–water partition coefficient (Wildman–Crippen LogP) is -0.160. The number of ether oxygens (including phenoxy) is 1. The van der Waals surface area contributed by atoms with E-state index in [0.29, 0.717) is 18.1 Å². The summed E-state index contributed by atoms with van der Waals surface area (Å²) in [5.74, 6) is -2.34. The lowest BCUT2D eigenvalue weighted by Crippen LogP contribution is -2.48. The SMILES string of the molecule is O=C(O)CN(CC(F)(F)F)C(=O)CC1COCCN1. The van der Waals surface area contributed by atoms with Crippen LogP contribution in [0.5, 0.6) is 0 Å². The summed E-state index contributed by atoms with van der Waals surface area (Å²) >= 11 is 0. The van der Waals surface area contributed by atoms with Crippen LogP contribution in [0.3, 0.4) is 0 Å². The molecule has 0 aromatic carbocycles. The summed E-state index contributed by atoms with van der Waals surface area (Å²) in [6.07, 6.45) is -4.84. The summed E-state index contributed by atoms with van der Waals surface area (Å²) in [5, 5.41) is 11.5. The fourth-order valence-electron chi connectivity index (χ4n) is 1.70. The van der Waals surface area contributed by atoms with E-state index in [0.717, 1.165) is 0 Å². The van der Waals surface area contributed by atoms with E-state index >= 15 is 0 Å². The molecule has 0 aromatic rings. The first-order valence-electron chi connectivity index (χ1n) is 5.65. The van der Waals surface area contributed by atoms with Gasteiger partial charge in [0.05, 0.1) is 13.2 Å². The van der Waals surface area contributed by atoms with Gasteiger partial charge in [-0.2, -0.15) is 13.2 Å². The van der Waals surface area contributed by atoms with E-state index in [4.69, 9.17) is 9.84 Å². The number of hydrogen-bond donors (Lipinski definition) is 2. The topological polar surface area (TPSA) is 78.9 Å². The van der Waals surface area contributed by atoms with Crippen LogP contribution in [0.1, 0.15) is 6.42 Å². The molecular weight excluding hydrogens is 269 g/mol. The molecule has 0 saturated carbocycles. The molecule has 0 aromatic heterocycles.